The summed E-state index contributed by atoms with van der Waals surface area (Å²) in [4.78, 5) is 31.6. The first-order valence-corrected chi connectivity index (χ1v) is 11.3. The molecule has 0 aliphatic carbocycles. The molecule has 164 valence electrons. The molecule has 0 amide bonds. The topological polar surface area (TPSA) is 135 Å². The fraction of sp³-hybridized carbons (Fsp3) is 0.400. The Kier molecular flexibility index (Phi) is 5.63. The van der Waals surface area contributed by atoms with Crippen LogP contribution in [0.1, 0.15) is 30.1 Å². The Morgan fingerprint density at radius 2 is 1.97 bits per heavy atom. The van der Waals surface area contributed by atoms with Crippen molar-refractivity contribution in [2.75, 3.05) is 13.1 Å². The largest absolute Gasteiger partial charge is 0.457 e. The highest BCUT2D eigenvalue weighted by Crippen LogP contribution is 2.28. The van der Waals surface area contributed by atoms with Crippen molar-refractivity contribution < 1.29 is 22.5 Å². The van der Waals surface area contributed by atoms with Gasteiger partial charge in [-0.15, -0.1) is 0 Å². The maximum Gasteiger partial charge on any atom is 0.309 e. The van der Waals surface area contributed by atoms with Crippen molar-refractivity contribution in [2.24, 2.45) is 5.92 Å². The molecule has 1 aliphatic heterocycles. The molecule has 10 nitrogen and oxygen atoms in total. The molecule has 1 fully saturated rings. The number of nitrogens with one attached hydrogen (secondary N) is 1. The normalized spacial score (nSPS) is 15.9. The van der Waals surface area contributed by atoms with E-state index in [2.05, 4.69) is 15.1 Å². The second kappa shape index (κ2) is 8.23. The number of carbonyl (C=O) groups excluding carboxylic acids is 1. The molecule has 0 spiro atoms. The third-order valence-corrected chi connectivity index (χ3v) is 7.51. The predicted octanol–water partition coefficient (Wildman–Crippen LogP) is 1.67. The molecule has 0 radical (unpaired) electrons. The number of aromatic nitrogens is 3. The van der Waals surface area contributed by atoms with Crippen LogP contribution < -0.4 is 5.56 Å². The molecular weight excluding hydrogens is 424 g/mol. The number of sulfonamides is 1. The summed E-state index contributed by atoms with van der Waals surface area (Å²) in [6, 6.07) is 6.90. The van der Waals surface area contributed by atoms with Crippen molar-refractivity contribution in [1.29, 1.82) is 0 Å². The molecule has 3 aromatic rings. The Morgan fingerprint density at radius 3 is 2.65 bits per heavy atom. The SMILES string of the molecule is Cc1noc(C)c1S(=O)(=O)N1CCC(C(=O)OCc2nc3ccccc3c(=O)[nH]2)CC1. The standard InChI is InChI=1S/C20H22N4O6S/c1-12-18(13(2)30-23-12)31(27,28)24-9-7-14(8-10-24)20(26)29-11-17-21-16-6-4-3-5-15(16)19(25)22-17/h3-6,14H,7-11H2,1-2H3,(H,21,22,25). The van der Waals surface area contributed by atoms with E-state index in [1.165, 1.54) is 4.31 Å². The lowest BCUT2D eigenvalue weighted by molar-refractivity contribution is -0.151. The molecule has 31 heavy (non-hydrogen) atoms. The Morgan fingerprint density at radius 1 is 1.26 bits per heavy atom. The Bertz CT molecular complexity index is 1270. The maximum atomic E-state index is 12.9. The van der Waals surface area contributed by atoms with Crippen LogP contribution in [0.2, 0.25) is 0 Å². The lowest BCUT2D eigenvalue weighted by Crippen LogP contribution is -2.40. The van der Waals surface area contributed by atoms with Crippen LogP contribution in [0.4, 0.5) is 0 Å². The van der Waals surface area contributed by atoms with Gasteiger partial charge in [0.2, 0.25) is 10.0 Å². The van der Waals surface area contributed by atoms with Crippen molar-refractivity contribution in [3.05, 3.63) is 51.9 Å². The van der Waals surface area contributed by atoms with Crippen LogP contribution in [-0.2, 0) is 26.2 Å². The first-order valence-electron chi connectivity index (χ1n) is 9.85. The number of rotatable bonds is 5. The summed E-state index contributed by atoms with van der Waals surface area (Å²) in [7, 11) is -3.73. The van der Waals surface area contributed by atoms with E-state index >= 15 is 0 Å². The van der Waals surface area contributed by atoms with Gasteiger partial charge in [-0.25, -0.2) is 13.4 Å². The number of nitrogens with zero attached hydrogens (tertiary/aromatic N) is 3. The molecule has 0 unspecified atom stereocenters. The van der Waals surface area contributed by atoms with Gasteiger partial charge in [0, 0.05) is 13.1 Å². The molecule has 1 aromatic carbocycles. The third kappa shape index (κ3) is 4.10. The molecule has 4 rings (SSSR count). The Balaban J connectivity index is 1.37. The van der Waals surface area contributed by atoms with Gasteiger partial charge in [0.15, 0.2) is 5.76 Å². The van der Waals surface area contributed by atoms with Crippen molar-refractivity contribution >= 4 is 26.9 Å². The number of carbonyl (C=O) groups is 1. The number of aromatic amines is 1. The number of piperidine rings is 1. The van der Waals surface area contributed by atoms with E-state index in [9.17, 15) is 18.0 Å². The monoisotopic (exact) mass is 446 g/mol. The van der Waals surface area contributed by atoms with Gasteiger partial charge in [0.25, 0.3) is 5.56 Å². The lowest BCUT2D eigenvalue weighted by Gasteiger charge is -2.29. The van der Waals surface area contributed by atoms with Gasteiger partial charge in [-0.05, 0) is 38.8 Å². The van der Waals surface area contributed by atoms with Crippen LogP contribution in [-0.4, -0.2) is 46.9 Å². The summed E-state index contributed by atoms with van der Waals surface area (Å²) >= 11 is 0. The van der Waals surface area contributed by atoms with Crippen molar-refractivity contribution in [1.82, 2.24) is 19.4 Å². The molecule has 0 saturated carbocycles. The molecule has 11 heteroatoms. The van der Waals surface area contributed by atoms with Crippen LogP contribution in [0.5, 0.6) is 0 Å². The zero-order valence-corrected chi connectivity index (χ0v) is 17.9. The van der Waals surface area contributed by atoms with Gasteiger partial charge >= 0.3 is 5.97 Å². The zero-order chi connectivity index (χ0) is 22.2. The first-order chi connectivity index (χ1) is 14.8. The number of H-pyrrole nitrogens is 1. The molecule has 1 saturated heterocycles. The average Bonchev–Trinajstić information content (AvgIpc) is 3.11. The summed E-state index contributed by atoms with van der Waals surface area (Å²) in [5.74, 6) is -0.361. The number of ether oxygens (including phenoxy) is 1. The molecular formula is C20H22N4O6S. The van der Waals surface area contributed by atoms with Gasteiger partial charge in [0.1, 0.15) is 23.0 Å². The number of esters is 1. The first kappa shape index (κ1) is 21.2. The molecule has 0 atom stereocenters. The fourth-order valence-corrected chi connectivity index (χ4v) is 5.53. The van der Waals surface area contributed by atoms with Gasteiger partial charge in [0.05, 0.1) is 16.8 Å². The molecule has 1 aliphatic rings. The van der Waals surface area contributed by atoms with Gasteiger partial charge in [-0.3, -0.25) is 9.59 Å². The molecule has 0 bridgehead atoms. The summed E-state index contributed by atoms with van der Waals surface area (Å²) in [6.07, 6.45) is 0.673. The highest BCUT2D eigenvalue weighted by atomic mass is 32.2. The van der Waals surface area contributed by atoms with E-state index in [1.807, 2.05) is 0 Å². The maximum absolute atomic E-state index is 12.9. The average molecular weight is 446 g/mol. The van der Waals surface area contributed by atoms with E-state index in [-0.39, 0.29) is 41.7 Å². The van der Waals surface area contributed by atoms with E-state index in [0.717, 1.165) is 0 Å². The minimum Gasteiger partial charge on any atom is -0.457 e. The van der Waals surface area contributed by atoms with Crippen molar-refractivity contribution in [3.63, 3.8) is 0 Å². The van der Waals surface area contributed by atoms with E-state index < -0.39 is 21.9 Å². The number of hydrogen-bond acceptors (Lipinski definition) is 8. The highest BCUT2D eigenvalue weighted by Gasteiger charge is 2.35. The second-order valence-electron chi connectivity index (χ2n) is 7.47. The van der Waals surface area contributed by atoms with Gasteiger partial charge < -0.3 is 14.2 Å². The highest BCUT2D eigenvalue weighted by molar-refractivity contribution is 7.89. The van der Waals surface area contributed by atoms with E-state index in [1.54, 1.807) is 38.1 Å². The Hall–Kier alpha value is -3.05. The van der Waals surface area contributed by atoms with Crippen LogP contribution in [0, 0.1) is 19.8 Å². The molecule has 2 aromatic heterocycles. The van der Waals surface area contributed by atoms with Gasteiger partial charge in [-0.2, -0.15) is 4.31 Å². The summed E-state index contributed by atoms with van der Waals surface area (Å²) in [5.41, 5.74) is 0.542. The minimum absolute atomic E-state index is 0.0832. The predicted molar refractivity (Wildman–Crippen MR) is 110 cm³/mol. The third-order valence-electron chi connectivity index (χ3n) is 5.37. The van der Waals surface area contributed by atoms with Crippen LogP contribution >= 0.6 is 0 Å². The van der Waals surface area contributed by atoms with E-state index in [0.29, 0.717) is 29.4 Å². The number of fused-ring (bicyclic) bond motifs is 1. The number of aryl methyl sites for hydroxylation is 2. The van der Waals surface area contributed by atoms with Crippen LogP contribution in [0.3, 0.4) is 0 Å². The van der Waals surface area contributed by atoms with Gasteiger partial charge in [-0.1, -0.05) is 17.3 Å². The smallest absolute Gasteiger partial charge is 0.309 e. The van der Waals surface area contributed by atoms with Crippen molar-refractivity contribution in [3.8, 4) is 0 Å². The number of benzene rings is 1. The zero-order valence-electron chi connectivity index (χ0n) is 17.1. The van der Waals surface area contributed by atoms with Crippen LogP contribution in [0.15, 0.2) is 38.5 Å². The fourth-order valence-electron chi connectivity index (χ4n) is 3.76. The molecule has 1 N–H and O–H groups in total. The number of para-hydroxylation sites is 1. The van der Waals surface area contributed by atoms with E-state index in [4.69, 9.17) is 9.26 Å². The number of hydrogen-bond donors (Lipinski definition) is 1. The Labute approximate surface area is 178 Å². The van der Waals surface area contributed by atoms with Crippen molar-refractivity contribution in [2.45, 2.75) is 38.2 Å². The summed E-state index contributed by atoms with van der Waals surface area (Å²) < 4.78 is 37.4. The lowest BCUT2D eigenvalue weighted by atomic mass is 9.98. The van der Waals surface area contributed by atoms with Crippen LogP contribution in [0.25, 0.3) is 10.9 Å². The second-order valence-corrected chi connectivity index (χ2v) is 9.34. The minimum atomic E-state index is -3.73. The summed E-state index contributed by atoms with van der Waals surface area (Å²) in [5, 5.41) is 4.18. The molecule has 3 heterocycles. The summed E-state index contributed by atoms with van der Waals surface area (Å²) in [6.45, 7) is 3.37. The quantitative estimate of drug-likeness (QED) is 0.585.